The van der Waals surface area contributed by atoms with Crippen molar-refractivity contribution in [2.75, 3.05) is 13.2 Å². The molecule has 0 amide bonds. The van der Waals surface area contributed by atoms with Crippen molar-refractivity contribution in [2.24, 2.45) is 0 Å². The lowest BCUT2D eigenvalue weighted by Crippen LogP contribution is -2.11. The van der Waals surface area contributed by atoms with Gasteiger partial charge >= 0.3 is 5.97 Å². The fourth-order valence-corrected chi connectivity index (χ4v) is 4.51. The van der Waals surface area contributed by atoms with Crippen LogP contribution in [0.15, 0.2) is 60.0 Å². The van der Waals surface area contributed by atoms with Crippen LogP contribution in [0.4, 0.5) is 0 Å². The van der Waals surface area contributed by atoms with E-state index in [0.717, 1.165) is 5.56 Å². The standard InChI is InChI=1S/C25H23ClN2O4S/c1-3-31-24-14-21(17-5-4-6-19(12-17)25(29)30)27-28(24)9-10-32-22-8-7-18(13-20(22)26)23-11-16(2)15-33-23/h4-8,11-15H,3,9-10H2,1-2H3,(H,29,30). The van der Waals surface area contributed by atoms with E-state index in [4.69, 9.17) is 21.1 Å². The van der Waals surface area contributed by atoms with Gasteiger partial charge in [-0.3, -0.25) is 0 Å². The maximum atomic E-state index is 11.3. The Balaban J connectivity index is 1.47. The summed E-state index contributed by atoms with van der Waals surface area (Å²) in [6.07, 6.45) is 0. The van der Waals surface area contributed by atoms with Crippen molar-refractivity contribution < 1.29 is 19.4 Å². The fraction of sp³-hybridized carbons (Fsp3) is 0.200. The summed E-state index contributed by atoms with van der Waals surface area (Å²) in [5, 5.41) is 16.5. The number of thiophene rings is 1. The predicted molar refractivity (Wildman–Crippen MR) is 131 cm³/mol. The highest BCUT2D eigenvalue weighted by Gasteiger charge is 2.13. The molecule has 1 N–H and O–H groups in total. The number of benzene rings is 2. The van der Waals surface area contributed by atoms with Crippen LogP contribution in [0.2, 0.25) is 5.02 Å². The lowest BCUT2D eigenvalue weighted by Gasteiger charge is -2.11. The molecule has 2 aromatic carbocycles. The highest BCUT2D eigenvalue weighted by molar-refractivity contribution is 7.13. The third kappa shape index (κ3) is 5.38. The van der Waals surface area contributed by atoms with E-state index in [2.05, 4.69) is 23.5 Å². The third-order valence-electron chi connectivity index (χ3n) is 4.95. The minimum atomic E-state index is -0.980. The number of ether oxygens (including phenoxy) is 2. The Labute approximate surface area is 201 Å². The highest BCUT2D eigenvalue weighted by Crippen LogP contribution is 2.33. The average Bonchev–Trinajstić information content (AvgIpc) is 3.41. The van der Waals surface area contributed by atoms with Gasteiger partial charge in [0.15, 0.2) is 0 Å². The molecule has 2 heterocycles. The molecule has 0 aliphatic carbocycles. The van der Waals surface area contributed by atoms with E-state index in [1.807, 2.05) is 31.2 Å². The highest BCUT2D eigenvalue weighted by atomic mass is 35.5. The zero-order valence-corrected chi connectivity index (χ0v) is 19.8. The summed E-state index contributed by atoms with van der Waals surface area (Å²) >= 11 is 8.14. The van der Waals surface area contributed by atoms with Crippen molar-refractivity contribution in [1.82, 2.24) is 9.78 Å². The van der Waals surface area contributed by atoms with Gasteiger partial charge in [-0.05, 0) is 66.8 Å². The Kier molecular flexibility index (Phi) is 7.01. The molecule has 170 valence electrons. The van der Waals surface area contributed by atoms with Crippen molar-refractivity contribution in [2.45, 2.75) is 20.4 Å². The number of nitrogens with zero attached hydrogens (tertiary/aromatic N) is 2. The van der Waals surface area contributed by atoms with Gasteiger partial charge < -0.3 is 14.6 Å². The van der Waals surface area contributed by atoms with E-state index in [1.165, 1.54) is 10.4 Å². The number of rotatable bonds is 9. The number of carboxylic acid groups (broad SMARTS) is 1. The molecular weight excluding hydrogens is 460 g/mol. The second kappa shape index (κ2) is 10.1. The second-order valence-corrected chi connectivity index (χ2v) is 8.71. The van der Waals surface area contributed by atoms with Crippen LogP contribution >= 0.6 is 22.9 Å². The quantitative estimate of drug-likeness (QED) is 0.298. The summed E-state index contributed by atoms with van der Waals surface area (Å²) < 4.78 is 13.3. The van der Waals surface area contributed by atoms with E-state index in [9.17, 15) is 9.90 Å². The Morgan fingerprint density at radius 1 is 1.12 bits per heavy atom. The smallest absolute Gasteiger partial charge is 0.335 e. The van der Waals surface area contributed by atoms with Gasteiger partial charge in [0.2, 0.25) is 5.88 Å². The van der Waals surface area contributed by atoms with Crippen molar-refractivity contribution in [3.63, 3.8) is 0 Å². The van der Waals surface area contributed by atoms with Crippen LogP contribution in [-0.4, -0.2) is 34.1 Å². The number of carboxylic acids is 1. The molecule has 4 aromatic rings. The molecule has 0 saturated carbocycles. The van der Waals surface area contributed by atoms with Gasteiger partial charge in [0.25, 0.3) is 0 Å². The predicted octanol–water partition coefficient (Wildman–Crippen LogP) is 6.42. The molecule has 0 atom stereocenters. The maximum absolute atomic E-state index is 11.3. The summed E-state index contributed by atoms with van der Waals surface area (Å²) in [6.45, 7) is 5.23. The maximum Gasteiger partial charge on any atom is 0.335 e. The Hall–Kier alpha value is -3.29. The summed E-state index contributed by atoms with van der Waals surface area (Å²) in [5.41, 5.74) is 3.83. The molecule has 0 spiro atoms. The molecule has 0 bridgehead atoms. The Morgan fingerprint density at radius 2 is 1.97 bits per heavy atom. The Bertz CT molecular complexity index is 1280. The summed E-state index contributed by atoms with van der Waals surface area (Å²) in [7, 11) is 0. The van der Waals surface area contributed by atoms with Crippen LogP contribution in [0.1, 0.15) is 22.8 Å². The molecule has 33 heavy (non-hydrogen) atoms. The van der Waals surface area contributed by atoms with Gasteiger partial charge in [-0.25, -0.2) is 9.48 Å². The van der Waals surface area contributed by atoms with Crippen molar-refractivity contribution in [3.05, 3.63) is 76.1 Å². The van der Waals surface area contributed by atoms with Crippen LogP contribution in [0.25, 0.3) is 21.7 Å². The SMILES string of the molecule is CCOc1cc(-c2cccc(C(=O)O)c2)nn1CCOc1ccc(-c2cc(C)cs2)cc1Cl. The molecule has 0 saturated heterocycles. The molecule has 0 aliphatic rings. The molecule has 0 radical (unpaired) electrons. The molecule has 0 unspecified atom stereocenters. The van der Waals surface area contributed by atoms with E-state index >= 15 is 0 Å². The zero-order chi connectivity index (χ0) is 23.4. The van der Waals surface area contributed by atoms with Gasteiger partial charge in [-0.15, -0.1) is 11.3 Å². The Morgan fingerprint density at radius 3 is 2.67 bits per heavy atom. The van der Waals surface area contributed by atoms with E-state index in [1.54, 1.807) is 40.3 Å². The number of halogens is 1. The van der Waals surface area contributed by atoms with Gasteiger partial charge in [0.1, 0.15) is 12.4 Å². The lowest BCUT2D eigenvalue weighted by atomic mass is 10.1. The van der Waals surface area contributed by atoms with E-state index in [-0.39, 0.29) is 5.56 Å². The molecule has 4 rings (SSSR count). The first kappa shape index (κ1) is 22.9. The number of carbonyl (C=O) groups is 1. The van der Waals surface area contributed by atoms with Gasteiger partial charge in [0, 0.05) is 16.5 Å². The zero-order valence-electron chi connectivity index (χ0n) is 18.2. The summed E-state index contributed by atoms with van der Waals surface area (Å²) in [4.78, 5) is 12.5. The molecular formula is C25H23ClN2O4S. The molecule has 0 fully saturated rings. The normalized spacial score (nSPS) is 10.9. The van der Waals surface area contributed by atoms with Gasteiger partial charge in [0.05, 0.1) is 29.4 Å². The first-order valence-corrected chi connectivity index (χ1v) is 11.7. The van der Waals surface area contributed by atoms with Gasteiger partial charge in [-0.2, -0.15) is 5.10 Å². The third-order valence-corrected chi connectivity index (χ3v) is 6.34. The topological polar surface area (TPSA) is 73.6 Å². The van der Waals surface area contributed by atoms with Crippen LogP contribution in [-0.2, 0) is 6.54 Å². The van der Waals surface area contributed by atoms with Crippen LogP contribution < -0.4 is 9.47 Å². The lowest BCUT2D eigenvalue weighted by molar-refractivity contribution is 0.0697. The fourth-order valence-electron chi connectivity index (χ4n) is 3.37. The monoisotopic (exact) mass is 482 g/mol. The van der Waals surface area contributed by atoms with Crippen LogP contribution in [0.5, 0.6) is 11.6 Å². The van der Waals surface area contributed by atoms with Gasteiger partial charge in [-0.1, -0.05) is 23.7 Å². The number of aromatic nitrogens is 2. The van der Waals surface area contributed by atoms with E-state index < -0.39 is 5.97 Å². The summed E-state index contributed by atoms with van der Waals surface area (Å²) in [6, 6.07) is 16.4. The molecule has 2 aromatic heterocycles. The number of hydrogen-bond donors (Lipinski definition) is 1. The number of hydrogen-bond acceptors (Lipinski definition) is 5. The largest absolute Gasteiger partial charge is 0.490 e. The molecule has 6 nitrogen and oxygen atoms in total. The molecule has 0 aliphatic heterocycles. The molecule has 8 heteroatoms. The van der Waals surface area contributed by atoms with Crippen LogP contribution in [0.3, 0.4) is 0 Å². The number of aromatic carboxylic acids is 1. The van der Waals surface area contributed by atoms with Crippen LogP contribution in [0, 0.1) is 6.92 Å². The first-order valence-electron chi connectivity index (χ1n) is 10.5. The second-order valence-electron chi connectivity index (χ2n) is 7.39. The van der Waals surface area contributed by atoms with Crippen molar-refractivity contribution >= 4 is 28.9 Å². The minimum absolute atomic E-state index is 0.208. The average molecular weight is 483 g/mol. The minimum Gasteiger partial charge on any atom is -0.490 e. The first-order chi connectivity index (χ1) is 15.9. The van der Waals surface area contributed by atoms with Crippen molar-refractivity contribution in [3.8, 4) is 33.3 Å². The van der Waals surface area contributed by atoms with Crippen molar-refractivity contribution in [1.29, 1.82) is 0 Å². The summed E-state index contributed by atoms with van der Waals surface area (Å²) in [5.74, 6) is 0.214. The number of aryl methyl sites for hydroxylation is 1. The van der Waals surface area contributed by atoms with E-state index in [0.29, 0.717) is 47.7 Å².